The van der Waals surface area contributed by atoms with Crippen molar-refractivity contribution in [2.24, 2.45) is 0 Å². The molecule has 2 rings (SSSR count). The van der Waals surface area contributed by atoms with Crippen molar-refractivity contribution < 1.29 is 14.2 Å². The van der Waals surface area contributed by atoms with Gasteiger partial charge in [-0.15, -0.1) is 0 Å². The second-order valence-electron chi connectivity index (χ2n) is 6.23. The van der Waals surface area contributed by atoms with Gasteiger partial charge in [-0.3, -0.25) is 0 Å². The molecule has 0 aliphatic carbocycles. The zero-order chi connectivity index (χ0) is 14.6. The van der Waals surface area contributed by atoms with Crippen LogP contribution in [-0.2, 0) is 11.3 Å². The van der Waals surface area contributed by atoms with E-state index in [1.54, 1.807) is 12.1 Å². The predicted molar refractivity (Wildman–Crippen MR) is 76.9 cm³/mol. The van der Waals surface area contributed by atoms with E-state index in [1.165, 1.54) is 12.1 Å². The maximum absolute atomic E-state index is 12.8. The van der Waals surface area contributed by atoms with Crippen LogP contribution in [-0.4, -0.2) is 41.3 Å². The van der Waals surface area contributed by atoms with Gasteiger partial charge in [0.1, 0.15) is 5.82 Å². The molecule has 4 heteroatoms. The summed E-state index contributed by atoms with van der Waals surface area (Å²) >= 11 is 0. The van der Waals surface area contributed by atoms with Crippen molar-refractivity contribution in [2.45, 2.75) is 45.0 Å². The predicted octanol–water partition coefficient (Wildman–Crippen LogP) is 2.58. The van der Waals surface area contributed by atoms with Gasteiger partial charge in [0.05, 0.1) is 18.3 Å². The lowest BCUT2D eigenvalue weighted by molar-refractivity contribution is -0.0243. The van der Waals surface area contributed by atoms with Crippen LogP contribution >= 0.6 is 0 Å². The molecule has 0 aromatic heterocycles. The first kappa shape index (κ1) is 15.4. The summed E-state index contributed by atoms with van der Waals surface area (Å²) in [6.45, 7) is 6.83. The van der Waals surface area contributed by atoms with Gasteiger partial charge in [0, 0.05) is 19.6 Å². The van der Waals surface area contributed by atoms with E-state index in [0.29, 0.717) is 13.2 Å². The molecule has 20 heavy (non-hydrogen) atoms. The van der Waals surface area contributed by atoms with Gasteiger partial charge in [0.25, 0.3) is 0 Å². The molecule has 1 fully saturated rings. The summed E-state index contributed by atoms with van der Waals surface area (Å²) in [5, 5.41) is 9.81. The maximum atomic E-state index is 12.8. The van der Waals surface area contributed by atoms with Crippen molar-refractivity contribution in [3.8, 4) is 0 Å². The third kappa shape index (κ3) is 5.19. The molecule has 1 aromatic carbocycles. The van der Waals surface area contributed by atoms with E-state index < -0.39 is 5.60 Å². The number of hydrogen-bond acceptors (Lipinski definition) is 3. The molecule has 1 aliphatic heterocycles. The van der Waals surface area contributed by atoms with Crippen molar-refractivity contribution in [3.05, 3.63) is 35.6 Å². The third-order valence-electron chi connectivity index (χ3n) is 3.54. The lowest BCUT2D eigenvalue weighted by Gasteiger charge is -2.35. The van der Waals surface area contributed by atoms with E-state index in [9.17, 15) is 9.50 Å². The summed E-state index contributed by atoms with van der Waals surface area (Å²) in [6.07, 6.45) is 2.23. The van der Waals surface area contributed by atoms with Crippen LogP contribution in [0.5, 0.6) is 0 Å². The first-order valence-electron chi connectivity index (χ1n) is 7.23. The lowest BCUT2D eigenvalue weighted by Crippen LogP contribution is -2.44. The standard InChI is InChI=1S/C16H24FNO2/c1-16(2,19)12-18-9-7-15(8-10-18)20-11-13-3-5-14(17)6-4-13/h3-6,15,19H,7-12H2,1-2H3. The number of likely N-dealkylation sites (tertiary alicyclic amines) is 1. The molecule has 0 atom stereocenters. The largest absolute Gasteiger partial charge is 0.389 e. The fraction of sp³-hybridized carbons (Fsp3) is 0.625. The number of aliphatic hydroxyl groups is 1. The fourth-order valence-corrected chi connectivity index (χ4v) is 2.58. The quantitative estimate of drug-likeness (QED) is 0.900. The zero-order valence-electron chi connectivity index (χ0n) is 12.3. The van der Waals surface area contributed by atoms with Gasteiger partial charge in [0.2, 0.25) is 0 Å². The Hall–Kier alpha value is -0.970. The molecule has 1 saturated heterocycles. The minimum absolute atomic E-state index is 0.214. The number of halogens is 1. The second kappa shape index (κ2) is 6.66. The van der Waals surface area contributed by atoms with Gasteiger partial charge in [-0.1, -0.05) is 12.1 Å². The highest BCUT2D eigenvalue weighted by Crippen LogP contribution is 2.17. The minimum atomic E-state index is -0.637. The topological polar surface area (TPSA) is 32.7 Å². The highest BCUT2D eigenvalue weighted by atomic mass is 19.1. The number of piperidine rings is 1. The van der Waals surface area contributed by atoms with E-state index >= 15 is 0 Å². The van der Waals surface area contributed by atoms with Gasteiger partial charge >= 0.3 is 0 Å². The number of β-amino-alcohol motifs (C(OH)–C–C–N with tert-alkyl or cyclic N) is 1. The third-order valence-corrected chi connectivity index (χ3v) is 3.54. The second-order valence-corrected chi connectivity index (χ2v) is 6.23. The van der Waals surface area contributed by atoms with E-state index in [2.05, 4.69) is 4.90 Å². The normalized spacial score (nSPS) is 18.4. The van der Waals surface area contributed by atoms with Crippen LogP contribution in [0.2, 0.25) is 0 Å². The van der Waals surface area contributed by atoms with Crippen molar-refractivity contribution in [3.63, 3.8) is 0 Å². The minimum Gasteiger partial charge on any atom is -0.389 e. The molecule has 1 N–H and O–H groups in total. The number of benzene rings is 1. The highest BCUT2D eigenvalue weighted by Gasteiger charge is 2.24. The van der Waals surface area contributed by atoms with Crippen LogP contribution in [0, 0.1) is 5.82 Å². The molecule has 0 amide bonds. The number of ether oxygens (including phenoxy) is 1. The molecule has 3 nitrogen and oxygen atoms in total. The Labute approximate surface area is 120 Å². The fourth-order valence-electron chi connectivity index (χ4n) is 2.58. The maximum Gasteiger partial charge on any atom is 0.123 e. The van der Waals surface area contributed by atoms with Gasteiger partial charge < -0.3 is 14.7 Å². The lowest BCUT2D eigenvalue weighted by atomic mass is 10.0. The molecular formula is C16H24FNO2. The molecule has 0 bridgehead atoms. The summed E-state index contributed by atoms with van der Waals surface area (Å²) in [5.41, 5.74) is 0.368. The molecule has 0 radical (unpaired) electrons. The first-order valence-corrected chi connectivity index (χ1v) is 7.23. The molecular weight excluding hydrogens is 257 g/mol. The van der Waals surface area contributed by atoms with Crippen LogP contribution in [0.15, 0.2) is 24.3 Å². The molecule has 1 aromatic rings. The first-order chi connectivity index (χ1) is 9.42. The summed E-state index contributed by atoms with van der Waals surface area (Å²) < 4.78 is 18.7. The molecule has 1 aliphatic rings. The number of hydrogen-bond donors (Lipinski definition) is 1. The molecule has 0 spiro atoms. The Bertz CT molecular complexity index is 405. The summed E-state index contributed by atoms with van der Waals surface area (Å²) in [7, 11) is 0. The summed E-state index contributed by atoms with van der Waals surface area (Å²) in [6, 6.07) is 6.45. The number of nitrogens with zero attached hydrogens (tertiary/aromatic N) is 1. The molecule has 1 heterocycles. The van der Waals surface area contributed by atoms with Crippen molar-refractivity contribution in [2.75, 3.05) is 19.6 Å². The summed E-state index contributed by atoms with van der Waals surface area (Å²) in [5.74, 6) is -0.214. The van der Waals surface area contributed by atoms with E-state index in [-0.39, 0.29) is 11.9 Å². The van der Waals surface area contributed by atoms with Crippen LogP contribution in [0.3, 0.4) is 0 Å². The Morgan fingerprint density at radius 1 is 1.25 bits per heavy atom. The summed E-state index contributed by atoms with van der Waals surface area (Å²) in [4.78, 5) is 2.28. The van der Waals surface area contributed by atoms with E-state index in [4.69, 9.17) is 4.74 Å². The SMILES string of the molecule is CC(C)(O)CN1CCC(OCc2ccc(F)cc2)CC1. The average Bonchev–Trinajstić information content (AvgIpc) is 2.38. The Morgan fingerprint density at radius 2 is 1.85 bits per heavy atom. The van der Waals surface area contributed by atoms with E-state index in [0.717, 1.165) is 31.5 Å². The Morgan fingerprint density at radius 3 is 2.40 bits per heavy atom. The van der Waals surface area contributed by atoms with Gasteiger partial charge in [-0.25, -0.2) is 4.39 Å². The van der Waals surface area contributed by atoms with E-state index in [1.807, 2.05) is 13.8 Å². The zero-order valence-corrected chi connectivity index (χ0v) is 12.3. The van der Waals surface area contributed by atoms with Gasteiger partial charge in [-0.2, -0.15) is 0 Å². The Balaban J connectivity index is 1.70. The molecule has 112 valence electrons. The van der Waals surface area contributed by atoms with Gasteiger partial charge in [0.15, 0.2) is 0 Å². The van der Waals surface area contributed by atoms with Crippen LogP contribution in [0.4, 0.5) is 4.39 Å². The van der Waals surface area contributed by atoms with Crippen molar-refractivity contribution in [1.82, 2.24) is 4.90 Å². The average molecular weight is 281 g/mol. The number of rotatable bonds is 5. The van der Waals surface area contributed by atoms with Crippen LogP contribution < -0.4 is 0 Å². The van der Waals surface area contributed by atoms with Crippen LogP contribution in [0.25, 0.3) is 0 Å². The molecule has 0 unspecified atom stereocenters. The monoisotopic (exact) mass is 281 g/mol. The Kier molecular flexibility index (Phi) is 5.13. The van der Waals surface area contributed by atoms with Crippen molar-refractivity contribution in [1.29, 1.82) is 0 Å². The smallest absolute Gasteiger partial charge is 0.123 e. The van der Waals surface area contributed by atoms with Gasteiger partial charge in [-0.05, 0) is 44.4 Å². The van der Waals surface area contributed by atoms with Crippen molar-refractivity contribution >= 4 is 0 Å². The molecule has 0 saturated carbocycles. The highest BCUT2D eigenvalue weighted by molar-refractivity contribution is 5.15. The van der Waals surface area contributed by atoms with Crippen LogP contribution in [0.1, 0.15) is 32.3 Å².